The van der Waals surface area contributed by atoms with E-state index >= 15 is 0 Å². The first kappa shape index (κ1) is 23.5. The summed E-state index contributed by atoms with van der Waals surface area (Å²) in [5, 5.41) is 0. The van der Waals surface area contributed by atoms with Crippen LogP contribution in [-0.2, 0) is 0 Å². The molecule has 0 spiro atoms. The minimum absolute atomic E-state index is 0. The number of nitrogens with zero attached hydrogens (tertiary/aromatic N) is 2. The van der Waals surface area contributed by atoms with Crippen LogP contribution in [0.2, 0.25) is 0 Å². The molecule has 1 aromatic carbocycles. The van der Waals surface area contributed by atoms with Crippen LogP contribution < -0.4 is 5.73 Å². The SMILES string of the molecule is CCN(CC)CC1CCN(C(=O)c2ccc(Br)cc2N)CC1.Cl.Cl. The lowest BCUT2D eigenvalue weighted by Crippen LogP contribution is -2.41. The maximum atomic E-state index is 12.6. The van der Waals surface area contributed by atoms with Gasteiger partial charge in [-0.2, -0.15) is 0 Å². The van der Waals surface area contributed by atoms with Gasteiger partial charge in [0, 0.05) is 29.8 Å². The van der Waals surface area contributed by atoms with Gasteiger partial charge in [0.25, 0.3) is 5.91 Å². The fourth-order valence-electron chi connectivity index (χ4n) is 3.06. The Morgan fingerprint density at radius 2 is 1.83 bits per heavy atom. The largest absolute Gasteiger partial charge is 0.398 e. The van der Waals surface area contributed by atoms with E-state index in [1.807, 2.05) is 17.0 Å². The predicted molar refractivity (Wildman–Crippen MR) is 109 cm³/mol. The number of hydrogen-bond acceptors (Lipinski definition) is 3. The van der Waals surface area contributed by atoms with Crippen molar-refractivity contribution >= 4 is 52.3 Å². The Bertz CT molecular complexity index is 519. The highest BCUT2D eigenvalue weighted by Crippen LogP contribution is 2.24. The minimum atomic E-state index is 0. The molecule has 24 heavy (non-hydrogen) atoms. The number of nitrogens with two attached hydrogens (primary N) is 1. The van der Waals surface area contributed by atoms with Crippen molar-refractivity contribution in [2.75, 3.05) is 38.5 Å². The molecule has 1 amide bonds. The summed E-state index contributed by atoms with van der Waals surface area (Å²) in [7, 11) is 0. The van der Waals surface area contributed by atoms with E-state index in [1.54, 1.807) is 6.07 Å². The fourth-order valence-corrected chi connectivity index (χ4v) is 3.44. The Balaban J connectivity index is 0.00000264. The van der Waals surface area contributed by atoms with Crippen LogP contribution in [0.25, 0.3) is 0 Å². The van der Waals surface area contributed by atoms with Crippen molar-refractivity contribution in [3.8, 4) is 0 Å². The number of piperidine rings is 1. The van der Waals surface area contributed by atoms with Gasteiger partial charge < -0.3 is 15.5 Å². The quantitative estimate of drug-likeness (QED) is 0.702. The number of likely N-dealkylation sites (tertiary alicyclic amines) is 1. The molecular formula is C17H28BrCl2N3O. The van der Waals surface area contributed by atoms with Gasteiger partial charge in [0.2, 0.25) is 0 Å². The maximum absolute atomic E-state index is 12.6. The van der Waals surface area contributed by atoms with Crippen LogP contribution in [0.1, 0.15) is 37.0 Å². The molecule has 1 aliphatic rings. The molecule has 4 nitrogen and oxygen atoms in total. The molecule has 1 aromatic rings. The van der Waals surface area contributed by atoms with Crippen molar-refractivity contribution in [1.82, 2.24) is 9.80 Å². The molecule has 7 heteroatoms. The molecule has 1 fully saturated rings. The van der Waals surface area contributed by atoms with E-state index in [0.717, 1.165) is 50.0 Å². The summed E-state index contributed by atoms with van der Waals surface area (Å²) < 4.78 is 0.902. The van der Waals surface area contributed by atoms with Gasteiger partial charge in [-0.3, -0.25) is 4.79 Å². The molecule has 0 unspecified atom stereocenters. The average molecular weight is 441 g/mol. The highest BCUT2D eigenvalue weighted by Gasteiger charge is 2.25. The van der Waals surface area contributed by atoms with Gasteiger partial charge in [-0.1, -0.05) is 29.8 Å². The molecule has 0 saturated carbocycles. The normalized spacial score (nSPS) is 14.9. The van der Waals surface area contributed by atoms with E-state index in [-0.39, 0.29) is 30.7 Å². The summed E-state index contributed by atoms with van der Waals surface area (Å²) in [6.07, 6.45) is 2.16. The monoisotopic (exact) mass is 439 g/mol. The third kappa shape index (κ3) is 6.10. The first-order valence-corrected chi connectivity index (χ1v) is 8.91. The zero-order valence-electron chi connectivity index (χ0n) is 14.3. The number of carbonyl (C=O) groups is 1. The second-order valence-corrected chi connectivity index (χ2v) is 6.87. The summed E-state index contributed by atoms with van der Waals surface area (Å²) in [5.41, 5.74) is 7.14. The molecule has 0 bridgehead atoms. The number of nitrogen functional groups attached to an aromatic ring is 1. The van der Waals surface area contributed by atoms with Gasteiger partial charge in [0.1, 0.15) is 0 Å². The third-order valence-corrected chi connectivity index (χ3v) is 5.05. The van der Waals surface area contributed by atoms with E-state index in [2.05, 4.69) is 34.7 Å². The van der Waals surface area contributed by atoms with Gasteiger partial charge in [-0.05, 0) is 50.0 Å². The summed E-state index contributed by atoms with van der Waals surface area (Å²) in [6.45, 7) is 9.43. The van der Waals surface area contributed by atoms with Gasteiger partial charge >= 0.3 is 0 Å². The lowest BCUT2D eigenvalue weighted by Gasteiger charge is -2.34. The van der Waals surface area contributed by atoms with Crippen molar-refractivity contribution in [3.05, 3.63) is 28.2 Å². The first-order chi connectivity index (χ1) is 10.5. The summed E-state index contributed by atoms with van der Waals surface area (Å²) in [5.74, 6) is 0.762. The van der Waals surface area contributed by atoms with Crippen molar-refractivity contribution in [2.45, 2.75) is 26.7 Å². The number of anilines is 1. The zero-order valence-corrected chi connectivity index (χ0v) is 17.6. The van der Waals surface area contributed by atoms with E-state index in [4.69, 9.17) is 5.73 Å². The van der Waals surface area contributed by atoms with Gasteiger partial charge in [0.15, 0.2) is 0 Å². The topological polar surface area (TPSA) is 49.6 Å². The van der Waals surface area contributed by atoms with Gasteiger partial charge in [-0.25, -0.2) is 0 Å². The first-order valence-electron chi connectivity index (χ1n) is 8.11. The number of halogens is 3. The number of amides is 1. The van der Waals surface area contributed by atoms with E-state index in [1.165, 1.54) is 0 Å². The predicted octanol–water partition coefficient (Wildman–Crippen LogP) is 4.07. The Morgan fingerprint density at radius 3 is 2.33 bits per heavy atom. The second kappa shape index (κ2) is 11.2. The van der Waals surface area contributed by atoms with Crippen LogP contribution in [-0.4, -0.2) is 48.4 Å². The van der Waals surface area contributed by atoms with Crippen LogP contribution in [0.4, 0.5) is 5.69 Å². The Morgan fingerprint density at radius 1 is 1.25 bits per heavy atom. The third-order valence-electron chi connectivity index (χ3n) is 4.56. The zero-order chi connectivity index (χ0) is 16.1. The number of carbonyl (C=O) groups excluding carboxylic acids is 1. The number of rotatable bonds is 5. The molecule has 2 rings (SSSR count). The van der Waals surface area contributed by atoms with E-state index in [9.17, 15) is 4.79 Å². The van der Waals surface area contributed by atoms with Crippen molar-refractivity contribution in [1.29, 1.82) is 0 Å². The number of hydrogen-bond donors (Lipinski definition) is 1. The molecule has 0 aromatic heterocycles. The van der Waals surface area contributed by atoms with Crippen LogP contribution in [0.15, 0.2) is 22.7 Å². The molecule has 0 radical (unpaired) electrons. The summed E-state index contributed by atoms with van der Waals surface area (Å²) in [4.78, 5) is 17.0. The van der Waals surface area contributed by atoms with Crippen molar-refractivity contribution in [3.63, 3.8) is 0 Å². The van der Waals surface area contributed by atoms with E-state index in [0.29, 0.717) is 17.2 Å². The van der Waals surface area contributed by atoms with Crippen molar-refractivity contribution < 1.29 is 4.79 Å². The van der Waals surface area contributed by atoms with Crippen LogP contribution >= 0.6 is 40.7 Å². The molecular weight excluding hydrogens is 413 g/mol. The molecule has 0 atom stereocenters. The molecule has 1 aliphatic heterocycles. The smallest absolute Gasteiger partial charge is 0.255 e. The highest BCUT2D eigenvalue weighted by molar-refractivity contribution is 9.10. The Kier molecular flexibility index (Phi) is 11.0. The summed E-state index contributed by atoms with van der Waals surface area (Å²) in [6, 6.07) is 5.47. The highest BCUT2D eigenvalue weighted by atomic mass is 79.9. The molecule has 2 N–H and O–H groups in total. The molecule has 1 saturated heterocycles. The van der Waals surface area contributed by atoms with Crippen molar-refractivity contribution in [2.24, 2.45) is 5.92 Å². The molecule has 0 aliphatic carbocycles. The lowest BCUT2D eigenvalue weighted by atomic mass is 9.95. The van der Waals surface area contributed by atoms with Crippen LogP contribution in [0.3, 0.4) is 0 Å². The van der Waals surface area contributed by atoms with Gasteiger partial charge in [0.05, 0.1) is 5.56 Å². The average Bonchev–Trinajstić information content (AvgIpc) is 2.52. The fraction of sp³-hybridized carbons (Fsp3) is 0.588. The lowest BCUT2D eigenvalue weighted by molar-refractivity contribution is 0.0670. The Hall–Kier alpha value is -0.490. The van der Waals surface area contributed by atoms with E-state index < -0.39 is 0 Å². The Labute approximate surface area is 166 Å². The minimum Gasteiger partial charge on any atom is -0.398 e. The van der Waals surface area contributed by atoms with Crippen LogP contribution in [0.5, 0.6) is 0 Å². The molecule has 1 heterocycles. The molecule has 138 valence electrons. The van der Waals surface area contributed by atoms with Crippen LogP contribution in [0, 0.1) is 5.92 Å². The maximum Gasteiger partial charge on any atom is 0.255 e. The standard InChI is InChI=1S/C17H26BrN3O.2ClH/c1-3-20(4-2)12-13-7-9-21(10-8-13)17(22)15-6-5-14(18)11-16(15)19;;/h5-6,11,13H,3-4,7-10,12,19H2,1-2H3;2*1H. The number of benzene rings is 1. The second-order valence-electron chi connectivity index (χ2n) is 5.95. The summed E-state index contributed by atoms with van der Waals surface area (Å²) >= 11 is 3.38. The van der Waals surface area contributed by atoms with Gasteiger partial charge in [-0.15, -0.1) is 24.8 Å².